The highest BCUT2D eigenvalue weighted by atomic mass is 16.5. The Bertz CT molecular complexity index is 2380. The smallest absolute Gasteiger partial charge is 0.262 e. The molecule has 14 nitrogen and oxygen atoms in total. The summed E-state index contributed by atoms with van der Waals surface area (Å²) in [6.07, 6.45) is 12.3. The fourth-order valence-corrected chi connectivity index (χ4v) is 8.72. The normalized spacial score (nSPS) is 23.1. The summed E-state index contributed by atoms with van der Waals surface area (Å²) >= 11 is 0. The molecule has 5 heterocycles. The molecule has 0 bridgehead atoms. The van der Waals surface area contributed by atoms with Crippen molar-refractivity contribution in [3.63, 3.8) is 0 Å². The van der Waals surface area contributed by atoms with Crippen molar-refractivity contribution < 1.29 is 38.1 Å². The molecule has 1 atom stereocenters. The maximum Gasteiger partial charge on any atom is 0.262 e. The summed E-state index contributed by atoms with van der Waals surface area (Å²) < 4.78 is 26.4. The lowest BCUT2D eigenvalue weighted by molar-refractivity contribution is -0.136. The van der Waals surface area contributed by atoms with Gasteiger partial charge in [-0.3, -0.25) is 34.4 Å². The van der Waals surface area contributed by atoms with Gasteiger partial charge in [-0.1, -0.05) is 12.1 Å². The van der Waals surface area contributed by atoms with Gasteiger partial charge in [0.15, 0.2) is 0 Å². The van der Waals surface area contributed by atoms with Gasteiger partial charge in [0.2, 0.25) is 17.7 Å². The summed E-state index contributed by atoms with van der Waals surface area (Å²) in [5, 5.41) is 8.16. The maximum atomic E-state index is 13.2. The van der Waals surface area contributed by atoms with Crippen molar-refractivity contribution in [2.24, 2.45) is 7.05 Å². The molecule has 0 radical (unpaired) electrons. The Labute approximate surface area is 341 Å². The van der Waals surface area contributed by atoms with Crippen LogP contribution in [0.4, 0.5) is 0 Å². The van der Waals surface area contributed by atoms with Gasteiger partial charge in [-0.25, -0.2) is 4.98 Å². The Balaban J connectivity index is 0.618. The zero-order valence-electron chi connectivity index (χ0n) is 33.1. The zero-order valence-corrected chi connectivity index (χ0v) is 33.1. The molecule has 2 aliphatic heterocycles. The number of carbonyl (C=O) groups excluding carboxylic acids is 4. The molecule has 59 heavy (non-hydrogen) atoms. The number of aryl methyl sites for hydroxylation is 1. The third-order valence-corrected chi connectivity index (χ3v) is 12.1. The Morgan fingerprint density at radius 3 is 2.41 bits per heavy atom. The van der Waals surface area contributed by atoms with E-state index < -0.39 is 29.7 Å². The second kappa shape index (κ2) is 16.9. The van der Waals surface area contributed by atoms with Crippen LogP contribution >= 0.6 is 0 Å². The van der Waals surface area contributed by atoms with Gasteiger partial charge in [-0.2, -0.15) is 0 Å². The number of pyridine rings is 2. The van der Waals surface area contributed by atoms with Crippen molar-refractivity contribution in [2.45, 2.75) is 88.2 Å². The average Bonchev–Trinajstić information content (AvgIpc) is 3.66. The second-order valence-electron chi connectivity index (χ2n) is 15.9. The van der Waals surface area contributed by atoms with Gasteiger partial charge in [0.05, 0.1) is 35.5 Å². The molecule has 4 aliphatic rings. The quantitative estimate of drug-likeness (QED) is 0.102. The summed E-state index contributed by atoms with van der Waals surface area (Å²) in [5.74, 6) is -0.921. The first kappa shape index (κ1) is 38.8. The number of ether oxygens (including phenoxy) is 4. The van der Waals surface area contributed by atoms with Crippen LogP contribution in [-0.4, -0.2) is 99.8 Å². The van der Waals surface area contributed by atoms with Crippen LogP contribution in [-0.2, 0) is 26.1 Å². The van der Waals surface area contributed by atoms with E-state index in [1.807, 2.05) is 30.7 Å². The van der Waals surface area contributed by atoms with Crippen LogP contribution in [0.1, 0.15) is 78.5 Å². The molecule has 2 N–H and O–H groups in total. The van der Waals surface area contributed by atoms with Crippen LogP contribution in [0.25, 0.3) is 32.9 Å². The number of nitrogens with one attached hydrogen (secondary N) is 2. The Morgan fingerprint density at radius 2 is 1.59 bits per heavy atom. The van der Waals surface area contributed by atoms with Gasteiger partial charge in [0, 0.05) is 98.6 Å². The Hall–Kier alpha value is -5.70. The number of aromatic nitrogens is 3. The lowest BCUT2D eigenvalue weighted by Gasteiger charge is -2.34. The molecule has 3 fully saturated rings. The van der Waals surface area contributed by atoms with E-state index in [4.69, 9.17) is 18.9 Å². The highest BCUT2D eigenvalue weighted by molar-refractivity contribution is 6.23. The molecule has 14 heteroatoms. The minimum atomic E-state index is -0.988. The highest BCUT2D eigenvalue weighted by Crippen LogP contribution is 2.34. The van der Waals surface area contributed by atoms with Crippen LogP contribution < -0.4 is 20.1 Å². The zero-order chi connectivity index (χ0) is 40.5. The summed E-state index contributed by atoms with van der Waals surface area (Å²) in [4.78, 5) is 59.9. The fraction of sp³-hybridized carbons (Fsp3) is 0.422. The van der Waals surface area contributed by atoms with E-state index in [-0.39, 0.29) is 42.3 Å². The molecule has 5 aromatic rings. The lowest BCUT2D eigenvalue weighted by atomic mass is 9.92. The standard InChI is InChI=1S/C45H48N6O8/c1-50-38-15-16-46-26-37(38)34-10-3-27(21-40(34)50)28-4-14-42(48-25-28)59-33-22-32(23-33)57-19-2-18-56-20-17-47-29-5-7-30(8-6-29)58-31-9-11-35-36(24-31)45(55)51(44(35)54)39-12-13-41(52)49-43(39)53/h3-4,9-11,14-16,21,24-26,29-30,32-33,39,47H,2,5-8,12-13,17-20,22-23H2,1H3,(H,49,52,53). The number of nitrogens with zero attached hydrogens (tertiary/aromatic N) is 4. The van der Waals surface area contributed by atoms with Crippen molar-refractivity contribution in [3.8, 4) is 22.8 Å². The molecule has 2 aliphatic carbocycles. The van der Waals surface area contributed by atoms with E-state index in [9.17, 15) is 19.2 Å². The van der Waals surface area contributed by atoms with E-state index in [1.54, 1.807) is 18.2 Å². The van der Waals surface area contributed by atoms with E-state index in [2.05, 4.69) is 56.5 Å². The van der Waals surface area contributed by atoms with Crippen molar-refractivity contribution in [2.75, 3.05) is 26.4 Å². The molecular formula is C45H48N6O8. The van der Waals surface area contributed by atoms with Crippen LogP contribution in [0, 0.1) is 0 Å². The minimum absolute atomic E-state index is 0.00334. The van der Waals surface area contributed by atoms with Gasteiger partial charge in [0.1, 0.15) is 17.9 Å². The van der Waals surface area contributed by atoms with Crippen LogP contribution in [0.5, 0.6) is 11.6 Å². The average molecular weight is 801 g/mol. The summed E-state index contributed by atoms with van der Waals surface area (Å²) in [6, 6.07) is 16.8. The van der Waals surface area contributed by atoms with Crippen LogP contribution in [0.3, 0.4) is 0 Å². The van der Waals surface area contributed by atoms with E-state index >= 15 is 0 Å². The largest absolute Gasteiger partial charge is 0.490 e. The fourth-order valence-electron chi connectivity index (χ4n) is 8.72. The molecular weight excluding hydrogens is 753 g/mol. The van der Waals surface area contributed by atoms with Crippen LogP contribution in [0.15, 0.2) is 73.2 Å². The minimum Gasteiger partial charge on any atom is -0.490 e. The molecule has 0 spiro atoms. The Morgan fingerprint density at radius 1 is 0.763 bits per heavy atom. The molecule has 1 unspecified atom stereocenters. The summed E-state index contributed by atoms with van der Waals surface area (Å²) in [6.45, 7) is 2.71. The number of fused-ring (bicyclic) bond motifs is 4. The van der Waals surface area contributed by atoms with Gasteiger partial charge >= 0.3 is 0 Å². The Kier molecular flexibility index (Phi) is 11.1. The molecule has 3 aromatic heterocycles. The van der Waals surface area contributed by atoms with E-state index in [0.717, 1.165) is 83.9 Å². The predicted octanol–water partition coefficient (Wildman–Crippen LogP) is 5.50. The monoisotopic (exact) mass is 800 g/mol. The van der Waals surface area contributed by atoms with Gasteiger partial charge in [0.25, 0.3) is 11.8 Å². The lowest BCUT2D eigenvalue weighted by Crippen LogP contribution is -2.54. The number of carbonyl (C=O) groups is 4. The van der Waals surface area contributed by atoms with E-state index in [0.29, 0.717) is 37.5 Å². The molecule has 2 saturated carbocycles. The highest BCUT2D eigenvalue weighted by Gasteiger charge is 2.45. The summed E-state index contributed by atoms with van der Waals surface area (Å²) in [5.41, 5.74) is 4.95. The number of rotatable bonds is 15. The molecule has 9 rings (SSSR count). The molecule has 4 amide bonds. The van der Waals surface area contributed by atoms with Gasteiger partial charge in [-0.05, 0) is 80.5 Å². The first-order valence-electron chi connectivity index (χ1n) is 20.7. The first-order chi connectivity index (χ1) is 28.8. The van der Waals surface area contributed by atoms with Gasteiger partial charge < -0.3 is 28.8 Å². The van der Waals surface area contributed by atoms with Crippen molar-refractivity contribution in [1.29, 1.82) is 0 Å². The topological polar surface area (TPSA) is 163 Å². The number of hydrogen-bond acceptors (Lipinski definition) is 11. The van der Waals surface area contributed by atoms with Crippen molar-refractivity contribution in [1.82, 2.24) is 30.1 Å². The number of imide groups is 2. The van der Waals surface area contributed by atoms with E-state index in [1.165, 1.54) is 5.39 Å². The third kappa shape index (κ3) is 8.17. The molecule has 306 valence electrons. The second-order valence-corrected chi connectivity index (χ2v) is 15.9. The predicted molar refractivity (Wildman–Crippen MR) is 218 cm³/mol. The van der Waals surface area contributed by atoms with Crippen LogP contribution in [0.2, 0.25) is 0 Å². The molecule has 2 aromatic carbocycles. The number of benzene rings is 2. The third-order valence-electron chi connectivity index (χ3n) is 12.1. The first-order valence-corrected chi connectivity index (χ1v) is 20.7. The number of hydrogen-bond donors (Lipinski definition) is 2. The van der Waals surface area contributed by atoms with Crippen molar-refractivity contribution in [3.05, 3.63) is 84.3 Å². The SMILES string of the molecule is Cn1c2ccncc2c2ccc(-c3ccc(OC4CC(OCCCOCCNC5CCC(Oc6ccc7c(c6)C(=O)N(C6CCC(=O)NC6=O)C7=O)CC5)C4)nc3)cc21. The summed E-state index contributed by atoms with van der Waals surface area (Å²) in [7, 11) is 2.08. The van der Waals surface area contributed by atoms with Gasteiger partial charge in [-0.15, -0.1) is 0 Å². The number of amides is 4. The maximum absolute atomic E-state index is 13.2. The molecule has 1 saturated heterocycles. The number of piperidine rings is 1. The van der Waals surface area contributed by atoms with Crippen molar-refractivity contribution >= 4 is 45.4 Å².